The maximum atomic E-state index is 12.1. The van der Waals surface area contributed by atoms with Crippen LogP contribution in [0.3, 0.4) is 0 Å². The second kappa shape index (κ2) is 5.59. The first-order chi connectivity index (χ1) is 9.04. The average Bonchev–Trinajstić information content (AvgIpc) is 3.11. The third kappa shape index (κ3) is 3.05. The van der Waals surface area contributed by atoms with E-state index in [1.54, 1.807) is 11.8 Å². The Hall–Kier alpha value is -1.59. The molecule has 0 radical (unpaired) electrons. The van der Waals surface area contributed by atoms with Gasteiger partial charge >= 0.3 is 5.97 Å². The molecule has 0 aromatic heterocycles. The van der Waals surface area contributed by atoms with Gasteiger partial charge in [-0.1, -0.05) is 6.92 Å². The van der Waals surface area contributed by atoms with Gasteiger partial charge in [0.15, 0.2) is 0 Å². The van der Waals surface area contributed by atoms with E-state index in [-0.39, 0.29) is 17.7 Å². The van der Waals surface area contributed by atoms with Crippen molar-refractivity contribution in [2.45, 2.75) is 51.1 Å². The number of carboxylic acids is 1. The first-order valence-electron chi connectivity index (χ1n) is 6.88. The van der Waals surface area contributed by atoms with Gasteiger partial charge in [-0.2, -0.15) is 0 Å². The maximum absolute atomic E-state index is 12.1. The fourth-order valence-corrected chi connectivity index (χ4v) is 2.47. The Labute approximate surface area is 112 Å². The number of amides is 2. The van der Waals surface area contributed by atoms with Crippen LogP contribution in [0.2, 0.25) is 0 Å². The lowest BCUT2D eigenvalue weighted by Crippen LogP contribution is -2.51. The summed E-state index contributed by atoms with van der Waals surface area (Å²) >= 11 is 0. The van der Waals surface area contributed by atoms with Gasteiger partial charge in [-0.25, -0.2) is 4.79 Å². The number of nitrogens with one attached hydrogen (secondary N) is 1. The van der Waals surface area contributed by atoms with Gasteiger partial charge in [0.2, 0.25) is 11.8 Å². The van der Waals surface area contributed by atoms with Gasteiger partial charge in [-0.3, -0.25) is 9.59 Å². The second-order valence-electron chi connectivity index (χ2n) is 5.27. The summed E-state index contributed by atoms with van der Waals surface area (Å²) in [5, 5.41) is 11.5. The lowest BCUT2D eigenvalue weighted by molar-refractivity contribution is -0.144. The zero-order chi connectivity index (χ0) is 14.0. The molecule has 1 heterocycles. The van der Waals surface area contributed by atoms with Gasteiger partial charge < -0.3 is 15.3 Å². The van der Waals surface area contributed by atoms with E-state index in [1.807, 2.05) is 0 Å². The molecule has 19 heavy (non-hydrogen) atoms. The van der Waals surface area contributed by atoms with E-state index in [1.165, 1.54) is 0 Å². The fourth-order valence-electron chi connectivity index (χ4n) is 2.47. The fraction of sp³-hybridized carbons (Fsp3) is 0.769. The number of hydrogen-bond donors (Lipinski definition) is 2. The van der Waals surface area contributed by atoms with E-state index in [0.717, 1.165) is 19.3 Å². The summed E-state index contributed by atoms with van der Waals surface area (Å²) in [5.41, 5.74) is 0. The molecule has 1 aliphatic heterocycles. The molecule has 1 saturated carbocycles. The van der Waals surface area contributed by atoms with Crippen molar-refractivity contribution in [2.24, 2.45) is 5.92 Å². The Morgan fingerprint density at radius 3 is 2.53 bits per heavy atom. The van der Waals surface area contributed by atoms with Crippen LogP contribution in [0.25, 0.3) is 0 Å². The van der Waals surface area contributed by atoms with Crippen molar-refractivity contribution in [3.63, 3.8) is 0 Å². The predicted molar refractivity (Wildman–Crippen MR) is 67.3 cm³/mol. The lowest BCUT2D eigenvalue weighted by Gasteiger charge is -2.25. The summed E-state index contributed by atoms with van der Waals surface area (Å²) in [7, 11) is 0. The average molecular weight is 268 g/mol. The van der Waals surface area contributed by atoms with Crippen LogP contribution in [0, 0.1) is 5.92 Å². The number of carbonyl (C=O) groups excluding carboxylic acids is 2. The molecule has 6 nitrogen and oxygen atoms in total. The molecule has 0 aromatic rings. The van der Waals surface area contributed by atoms with Crippen molar-refractivity contribution in [2.75, 3.05) is 6.54 Å². The predicted octanol–water partition coefficient (Wildman–Crippen LogP) is 0.367. The maximum Gasteiger partial charge on any atom is 0.326 e. The summed E-state index contributed by atoms with van der Waals surface area (Å²) in [4.78, 5) is 36.7. The van der Waals surface area contributed by atoms with E-state index in [9.17, 15) is 14.4 Å². The molecular weight excluding hydrogens is 248 g/mol. The number of carbonyl (C=O) groups is 3. The van der Waals surface area contributed by atoms with Crippen LogP contribution in [-0.4, -0.2) is 46.4 Å². The molecule has 1 saturated heterocycles. The van der Waals surface area contributed by atoms with Gasteiger partial charge in [-0.15, -0.1) is 0 Å². The molecule has 2 unspecified atom stereocenters. The zero-order valence-electron chi connectivity index (χ0n) is 11.1. The lowest BCUT2D eigenvalue weighted by atomic mass is 10.1. The monoisotopic (exact) mass is 268 g/mol. The third-order valence-electron chi connectivity index (χ3n) is 3.79. The highest BCUT2D eigenvalue weighted by Crippen LogP contribution is 2.33. The highest BCUT2D eigenvalue weighted by Gasteiger charge is 2.41. The molecular formula is C13H20N2O4. The highest BCUT2D eigenvalue weighted by atomic mass is 16.4. The van der Waals surface area contributed by atoms with Crippen LogP contribution in [0.4, 0.5) is 0 Å². The molecule has 2 N–H and O–H groups in total. The van der Waals surface area contributed by atoms with Gasteiger partial charge in [0.05, 0.1) is 0 Å². The van der Waals surface area contributed by atoms with Crippen molar-refractivity contribution in [1.29, 1.82) is 0 Å². The molecule has 6 heteroatoms. The van der Waals surface area contributed by atoms with E-state index in [0.29, 0.717) is 19.4 Å². The largest absolute Gasteiger partial charge is 0.480 e. The van der Waals surface area contributed by atoms with Crippen LogP contribution in [0.15, 0.2) is 0 Å². The normalized spacial score (nSPS) is 24.1. The molecule has 2 fully saturated rings. The Morgan fingerprint density at radius 1 is 1.32 bits per heavy atom. The summed E-state index contributed by atoms with van der Waals surface area (Å²) in [5.74, 6) is -1.22. The van der Waals surface area contributed by atoms with E-state index in [2.05, 4.69) is 5.32 Å². The standard InChI is InChI=1S/C13H20N2O4/c1-2-9(13(18)19)14-11(16)10-4-3-7-15(10)12(17)8-5-6-8/h8-10H,2-7H2,1H3,(H,14,16)(H,18,19). The molecule has 1 aliphatic carbocycles. The minimum absolute atomic E-state index is 0.0565. The van der Waals surface area contributed by atoms with Crippen LogP contribution in [0.1, 0.15) is 39.0 Å². The third-order valence-corrected chi connectivity index (χ3v) is 3.79. The molecule has 0 bridgehead atoms. The van der Waals surface area contributed by atoms with Crippen LogP contribution in [-0.2, 0) is 14.4 Å². The summed E-state index contributed by atoms with van der Waals surface area (Å²) in [6.45, 7) is 2.32. The number of hydrogen-bond acceptors (Lipinski definition) is 3. The molecule has 2 amide bonds. The number of rotatable bonds is 5. The van der Waals surface area contributed by atoms with Gasteiger partial charge in [0, 0.05) is 12.5 Å². The molecule has 106 valence electrons. The van der Waals surface area contributed by atoms with E-state index in [4.69, 9.17) is 5.11 Å². The van der Waals surface area contributed by atoms with Crippen LogP contribution < -0.4 is 5.32 Å². The van der Waals surface area contributed by atoms with Crippen molar-refractivity contribution >= 4 is 17.8 Å². The quantitative estimate of drug-likeness (QED) is 0.754. The Kier molecular flexibility index (Phi) is 4.07. The first kappa shape index (κ1) is 13.8. The molecule has 0 spiro atoms. The number of carboxylic acid groups (broad SMARTS) is 1. The Morgan fingerprint density at radius 2 is 2.00 bits per heavy atom. The number of likely N-dealkylation sites (tertiary alicyclic amines) is 1. The van der Waals surface area contributed by atoms with E-state index >= 15 is 0 Å². The number of aliphatic carboxylic acids is 1. The Balaban J connectivity index is 1.97. The smallest absolute Gasteiger partial charge is 0.326 e. The van der Waals surface area contributed by atoms with E-state index < -0.39 is 18.1 Å². The van der Waals surface area contributed by atoms with Crippen molar-refractivity contribution in [1.82, 2.24) is 10.2 Å². The first-order valence-corrected chi connectivity index (χ1v) is 6.88. The summed E-state index contributed by atoms with van der Waals surface area (Å²) in [6, 6.07) is -1.35. The minimum Gasteiger partial charge on any atom is -0.480 e. The summed E-state index contributed by atoms with van der Waals surface area (Å²) < 4.78 is 0. The topological polar surface area (TPSA) is 86.7 Å². The molecule has 2 aliphatic rings. The van der Waals surface area contributed by atoms with Crippen molar-refractivity contribution < 1.29 is 19.5 Å². The van der Waals surface area contributed by atoms with Gasteiger partial charge in [-0.05, 0) is 32.1 Å². The SMILES string of the molecule is CCC(NC(=O)C1CCCN1C(=O)C1CC1)C(=O)O. The van der Waals surface area contributed by atoms with Crippen molar-refractivity contribution in [3.8, 4) is 0 Å². The number of nitrogens with zero attached hydrogens (tertiary/aromatic N) is 1. The second-order valence-corrected chi connectivity index (χ2v) is 5.27. The van der Waals surface area contributed by atoms with Crippen LogP contribution in [0.5, 0.6) is 0 Å². The molecule has 2 atom stereocenters. The zero-order valence-corrected chi connectivity index (χ0v) is 11.1. The van der Waals surface area contributed by atoms with Crippen molar-refractivity contribution in [3.05, 3.63) is 0 Å². The molecule has 2 rings (SSSR count). The minimum atomic E-state index is -1.03. The Bertz CT molecular complexity index is 392. The molecule has 0 aromatic carbocycles. The van der Waals surface area contributed by atoms with Gasteiger partial charge in [0.25, 0.3) is 0 Å². The summed E-state index contributed by atoms with van der Waals surface area (Å²) in [6.07, 6.45) is 3.60. The highest BCUT2D eigenvalue weighted by molar-refractivity contribution is 5.92. The van der Waals surface area contributed by atoms with Gasteiger partial charge in [0.1, 0.15) is 12.1 Å². The van der Waals surface area contributed by atoms with Crippen LogP contribution >= 0.6 is 0 Å².